The molecule has 1 atom stereocenters. The summed E-state index contributed by atoms with van der Waals surface area (Å²) in [5.74, 6) is -0.232. The lowest BCUT2D eigenvalue weighted by atomic mass is 9.96. The zero-order chi connectivity index (χ0) is 14.9. The van der Waals surface area contributed by atoms with Gasteiger partial charge in [0.2, 0.25) is 5.91 Å². The van der Waals surface area contributed by atoms with Gasteiger partial charge in [-0.3, -0.25) is 4.79 Å². The van der Waals surface area contributed by atoms with E-state index in [1.54, 1.807) is 12.1 Å². The van der Waals surface area contributed by atoms with Crippen molar-refractivity contribution < 1.29 is 13.9 Å². The van der Waals surface area contributed by atoms with Gasteiger partial charge >= 0.3 is 0 Å². The first-order valence-electron chi connectivity index (χ1n) is 7.54. The number of morpholine rings is 1. The van der Waals surface area contributed by atoms with E-state index in [1.807, 2.05) is 4.90 Å². The maximum atomic E-state index is 13.0. The summed E-state index contributed by atoms with van der Waals surface area (Å²) in [5, 5.41) is 0. The van der Waals surface area contributed by atoms with E-state index in [9.17, 15) is 9.18 Å². The van der Waals surface area contributed by atoms with Crippen LogP contribution in [0, 0.1) is 5.82 Å². The van der Waals surface area contributed by atoms with Gasteiger partial charge in [0.15, 0.2) is 0 Å². The van der Waals surface area contributed by atoms with E-state index >= 15 is 0 Å². The largest absolute Gasteiger partial charge is 0.370 e. The lowest BCUT2D eigenvalue weighted by Crippen LogP contribution is -2.56. The molecule has 1 aliphatic carbocycles. The molecule has 2 N–H and O–H groups in total. The molecule has 114 valence electrons. The van der Waals surface area contributed by atoms with Crippen LogP contribution in [0.15, 0.2) is 24.3 Å². The van der Waals surface area contributed by atoms with Crippen LogP contribution in [0.5, 0.6) is 0 Å². The zero-order valence-corrected chi connectivity index (χ0v) is 12.1. The van der Waals surface area contributed by atoms with E-state index in [1.165, 1.54) is 12.1 Å². The number of nitrogens with zero attached hydrogens (tertiary/aromatic N) is 1. The maximum absolute atomic E-state index is 13.0. The van der Waals surface area contributed by atoms with Crippen molar-refractivity contribution in [1.82, 2.24) is 4.90 Å². The lowest BCUT2D eigenvalue weighted by molar-refractivity contribution is -0.144. The molecule has 3 rings (SSSR count). The van der Waals surface area contributed by atoms with Gasteiger partial charge in [-0.1, -0.05) is 25.0 Å². The molecule has 0 spiro atoms. The molecule has 1 unspecified atom stereocenters. The molecule has 0 bridgehead atoms. The normalized spacial score (nSPS) is 25.0. The Morgan fingerprint density at radius 3 is 2.62 bits per heavy atom. The third-order valence-electron chi connectivity index (χ3n) is 4.52. The summed E-state index contributed by atoms with van der Waals surface area (Å²) < 4.78 is 18.7. The fourth-order valence-electron chi connectivity index (χ4n) is 3.25. The third-order valence-corrected chi connectivity index (χ3v) is 4.52. The number of nitrogens with two attached hydrogens (primary N) is 1. The first-order valence-corrected chi connectivity index (χ1v) is 7.54. The second kappa shape index (κ2) is 5.73. The minimum atomic E-state index is -0.690. The number of carbonyl (C=O) groups is 1. The van der Waals surface area contributed by atoms with E-state index in [0.717, 1.165) is 31.2 Å². The molecular formula is C16H21FN2O2. The topological polar surface area (TPSA) is 55.6 Å². The summed E-state index contributed by atoms with van der Waals surface area (Å²) in [6, 6.07) is 6.26. The fraction of sp³-hybridized carbons (Fsp3) is 0.562. The molecule has 21 heavy (non-hydrogen) atoms. The summed E-state index contributed by atoms with van der Waals surface area (Å²) >= 11 is 0. The van der Waals surface area contributed by atoms with Crippen LogP contribution in [-0.4, -0.2) is 36.0 Å². The van der Waals surface area contributed by atoms with Crippen LogP contribution >= 0.6 is 0 Å². The number of carbonyl (C=O) groups excluding carboxylic acids is 1. The second-order valence-corrected chi connectivity index (χ2v) is 6.03. The average Bonchev–Trinajstić information content (AvgIpc) is 2.95. The Morgan fingerprint density at radius 1 is 1.29 bits per heavy atom. The van der Waals surface area contributed by atoms with Gasteiger partial charge in [-0.25, -0.2) is 4.39 Å². The highest BCUT2D eigenvalue weighted by molar-refractivity contribution is 5.86. The Hall–Kier alpha value is -1.46. The van der Waals surface area contributed by atoms with Crippen LogP contribution < -0.4 is 5.73 Å². The molecule has 1 aliphatic heterocycles. The number of ether oxygens (including phenoxy) is 1. The summed E-state index contributed by atoms with van der Waals surface area (Å²) in [6.45, 7) is 1.56. The Labute approximate surface area is 124 Å². The Bertz CT molecular complexity index is 512. The van der Waals surface area contributed by atoms with Crippen molar-refractivity contribution in [3.05, 3.63) is 35.6 Å². The highest BCUT2D eigenvalue weighted by Crippen LogP contribution is 2.31. The van der Waals surface area contributed by atoms with Gasteiger partial charge in [0.1, 0.15) is 11.9 Å². The molecule has 0 radical (unpaired) electrons. The van der Waals surface area contributed by atoms with Crippen LogP contribution in [0.3, 0.4) is 0 Å². The van der Waals surface area contributed by atoms with Crippen LogP contribution in [0.25, 0.3) is 0 Å². The molecule has 1 aromatic carbocycles. The first-order chi connectivity index (χ1) is 10.1. The molecular weight excluding hydrogens is 271 g/mol. The number of amides is 1. The van der Waals surface area contributed by atoms with Crippen LogP contribution in [-0.2, 0) is 9.53 Å². The molecule has 0 aromatic heterocycles. The standard InChI is InChI=1S/C16H21FN2O2/c17-13-5-3-12(4-6-13)14-11-19(9-10-21-14)15(20)16(18)7-1-2-8-16/h3-6,14H,1-2,7-11,18H2. The van der Waals surface area contributed by atoms with E-state index in [-0.39, 0.29) is 17.8 Å². The lowest BCUT2D eigenvalue weighted by Gasteiger charge is -2.37. The van der Waals surface area contributed by atoms with Crippen molar-refractivity contribution >= 4 is 5.91 Å². The average molecular weight is 292 g/mol. The quantitative estimate of drug-likeness (QED) is 0.907. The smallest absolute Gasteiger partial charge is 0.242 e. The van der Waals surface area contributed by atoms with Gasteiger partial charge in [-0.05, 0) is 30.5 Å². The molecule has 4 nitrogen and oxygen atoms in total. The monoisotopic (exact) mass is 292 g/mol. The second-order valence-electron chi connectivity index (χ2n) is 6.03. The molecule has 1 saturated heterocycles. The maximum Gasteiger partial charge on any atom is 0.242 e. The Balaban J connectivity index is 1.70. The van der Waals surface area contributed by atoms with Crippen LogP contribution in [0.4, 0.5) is 4.39 Å². The first kappa shape index (κ1) is 14.5. The fourth-order valence-corrected chi connectivity index (χ4v) is 3.25. The van der Waals surface area contributed by atoms with Gasteiger partial charge in [0, 0.05) is 6.54 Å². The minimum Gasteiger partial charge on any atom is -0.370 e. The highest BCUT2D eigenvalue weighted by Gasteiger charge is 2.41. The SMILES string of the molecule is NC1(C(=O)N2CCOC(c3ccc(F)cc3)C2)CCCC1. The number of benzene rings is 1. The summed E-state index contributed by atoms with van der Waals surface area (Å²) in [5.41, 5.74) is 6.46. The Morgan fingerprint density at radius 2 is 1.95 bits per heavy atom. The van der Waals surface area contributed by atoms with E-state index < -0.39 is 5.54 Å². The predicted molar refractivity (Wildman–Crippen MR) is 77.1 cm³/mol. The number of hydrogen-bond donors (Lipinski definition) is 1. The van der Waals surface area contributed by atoms with Crippen molar-refractivity contribution in [2.24, 2.45) is 5.73 Å². The molecule has 1 amide bonds. The number of rotatable bonds is 2. The van der Waals surface area contributed by atoms with Crippen molar-refractivity contribution in [3.63, 3.8) is 0 Å². The van der Waals surface area contributed by atoms with Crippen molar-refractivity contribution in [3.8, 4) is 0 Å². The predicted octanol–water partition coefficient (Wildman–Crippen LogP) is 2.00. The van der Waals surface area contributed by atoms with E-state index in [4.69, 9.17) is 10.5 Å². The van der Waals surface area contributed by atoms with Crippen molar-refractivity contribution in [1.29, 1.82) is 0 Å². The Kier molecular flexibility index (Phi) is 3.95. The molecule has 1 saturated carbocycles. The van der Waals surface area contributed by atoms with E-state index in [0.29, 0.717) is 19.7 Å². The molecule has 1 aromatic rings. The van der Waals surface area contributed by atoms with Crippen LogP contribution in [0.1, 0.15) is 37.4 Å². The summed E-state index contributed by atoms with van der Waals surface area (Å²) in [4.78, 5) is 14.4. The summed E-state index contributed by atoms with van der Waals surface area (Å²) in [6.07, 6.45) is 3.38. The minimum absolute atomic E-state index is 0.0374. The number of hydrogen-bond acceptors (Lipinski definition) is 3. The zero-order valence-electron chi connectivity index (χ0n) is 12.1. The van der Waals surface area contributed by atoms with Crippen LogP contribution in [0.2, 0.25) is 0 Å². The van der Waals surface area contributed by atoms with Gasteiger partial charge in [-0.2, -0.15) is 0 Å². The highest BCUT2D eigenvalue weighted by atomic mass is 19.1. The molecule has 1 heterocycles. The van der Waals surface area contributed by atoms with E-state index in [2.05, 4.69) is 0 Å². The molecule has 5 heteroatoms. The van der Waals surface area contributed by atoms with Gasteiger partial charge in [0.25, 0.3) is 0 Å². The molecule has 2 fully saturated rings. The summed E-state index contributed by atoms with van der Waals surface area (Å²) in [7, 11) is 0. The third kappa shape index (κ3) is 2.94. The van der Waals surface area contributed by atoms with Gasteiger partial charge in [0.05, 0.1) is 18.7 Å². The molecule has 2 aliphatic rings. The van der Waals surface area contributed by atoms with Crippen molar-refractivity contribution in [2.75, 3.05) is 19.7 Å². The number of halogens is 1. The van der Waals surface area contributed by atoms with Gasteiger partial charge in [-0.15, -0.1) is 0 Å². The van der Waals surface area contributed by atoms with Gasteiger partial charge < -0.3 is 15.4 Å². The van der Waals surface area contributed by atoms with Crippen molar-refractivity contribution in [2.45, 2.75) is 37.3 Å².